The molecule has 4 heterocycles. The Kier molecular flexibility index (Phi) is 10.6. The number of aromatic nitrogens is 2. The van der Waals surface area contributed by atoms with Crippen LogP contribution in [0.25, 0.3) is 0 Å². The molecule has 210 valence electrons. The molecule has 2 aromatic heterocycles. The van der Waals surface area contributed by atoms with E-state index < -0.39 is 24.3 Å². The normalized spacial score (nSPS) is 17.3. The maximum Gasteiger partial charge on any atom is 0.490 e. The highest BCUT2D eigenvalue weighted by molar-refractivity contribution is 7.09. The summed E-state index contributed by atoms with van der Waals surface area (Å²) in [5.74, 6) is -5.22. The van der Waals surface area contributed by atoms with Crippen molar-refractivity contribution in [3.63, 3.8) is 0 Å². The Hall–Kier alpha value is -3.27. The number of carbonyl (C=O) groups is 3. The van der Waals surface area contributed by atoms with Crippen LogP contribution in [0.15, 0.2) is 36.1 Å². The lowest BCUT2D eigenvalue weighted by Gasteiger charge is -2.45. The van der Waals surface area contributed by atoms with E-state index >= 15 is 0 Å². The van der Waals surface area contributed by atoms with Crippen molar-refractivity contribution in [2.45, 2.75) is 56.7 Å². The van der Waals surface area contributed by atoms with E-state index in [1.807, 2.05) is 23.8 Å². The lowest BCUT2D eigenvalue weighted by atomic mass is 9.84. The number of hydrogen-bond donors (Lipinski definition) is 2. The van der Waals surface area contributed by atoms with Crippen LogP contribution in [0.2, 0.25) is 0 Å². The van der Waals surface area contributed by atoms with Gasteiger partial charge in [0, 0.05) is 55.6 Å². The first kappa shape index (κ1) is 31.0. The van der Waals surface area contributed by atoms with Crippen LogP contribution < -0.4 is 0 Å². The van der Waals surface area contributed by atoms with Gasteiger partial charge < -0.3 is 15.1 Å². The number of amides is 1. The first-order valence-corrected chi connectivity index (χ1v) is 11.9. The van der Waals surface area contributed by atoms with Crippen LogP contribution in [0.3, 0.4) is 0 Å². The number of aliphatic carboxylic acids is 2. The number of halogens is 6. The zero-order chi connectivity index (χ0) is 28.6. The van der Waals surface area contributed by atoms with Gasteiger partial charge in [0.2, 0.25) is 5.91 Å². The molecule has 0 aromatic carbocycles. The number of likely N-dealkylation sites (tertiary alicyclic amines) is 2. The second-order valence-corrected chi connectivity index (χ2v) is 9.35. The second-order valence-electron chi connectivity index (χ2n) is 8.37. The second kappa shape index (κ2) is 13.0. The molecule has 2 fully saturated rings. The molecule has 0 unspecified atom stereocenters. The van der Waals surface area contributed by atoms with Gasteiger partial charge in [-0.3, -0.25) is 14.7 Å². The van der Waals surface area contributed by atoms with Crippen LogP contribution in [0.5, 0.6) is 0 Å². The summed E-state index contributed by atoms with van der Waals surface area (Å²) in [6.45, 7) is 3.70. The van der Waals surface area contributed by atoms with Gasteiger partial charge in [-0.05, 0) is 30.9 Å². The highest BCUT2D eigenvalue weighted by Gasteiger charge is 2.46. The van der Waals surface area contributed by atoms with Gasteiger partial charge >= 0.3 is 24.3 Å². The van der Waals surface area contributed by atoms with Gasteiger partial charge in [0.15, 0.2) is 0 Å². The van der Waals surface area contributed by atoms with Crippen LogP contribution in [0.4, 0.5) is 26.3 Å². The van der Waals surface area contributed by atoms with Crippen LogP contribution in [-0.4, -0.2) is 78.8 Å². The number of nitrogens with zero attached hydrogens (tertiary/aromatic N) is 4. The average molecular weight is 571 g/mol. The minimum Gasteiger partial charge on any atom is -0.475 e. The molecule has 4 rings (SSSR count). The number of rotatable bonds is 4. The molecule has 0 radical (unpaired) electrons. The molecule has 2 aliphatic heterocycles. The predicted octanol–water partition coefficient (Wildman–Crippen LogP) is 3.96. The number of piperidine rings is 1. The Morgan fingerprint density at radius 3 is 2.00 bits per heavy atom. The van der Waals surface area contributed by atoms with Crippen LogP contribution in [-0.2, 0) is 27.5 Å². The molecule has 38 heavy (non-hydrogen) atoms. The van der Waals surface area contributed by atoms with Crippen molar-refractivity contribution in [3.05, 3.63) is 46.7 Å². The minimum absolute atomic E-state index is 0.0479. The number of thiazole rings is 1. The standard InChI is InChI=1S/C18H22N4OS.2C2HF3O2/c23-17-3-4-18(22(17)13-15-2-1-7-19-12-15)5-9-21(10-6-18)14-16-20-8-11-24-16;2*3-2(4,5)1(6)7/h1-2,7-8,11-12H,3-6,9-10,13-14H2;2*(H,6,7). The molecule has 2 aromatic rings. The molecular formula is C22H24F6N4O5S. The molecule has 2 N–H and O–H groups in total. The summed E-state index contributed by atoms with van der Waals surface area (Å²) in [4.78, 5) is 43.4. The van der Waals surface area contributed by atoms with E-state index in [-0.39, 0.29) is 5.54 Å². The number of carbonyl (C=O) groups excluding carboxylic acids is 1. The highest BCUT2D eigenvalue weighted by Crippen LogP contribution is 2.40. The molecule has 1 spiro atoms. The summed E-state index contributed by atoms with van der Waals surface area (Å²) in [6, 6.07) is 4.00. The molecule has 0 atom stereocenters. The summed E-state index contributed by atoms with van der Waals surface area (Å²) in [5, 5.41) is 17.5. The van der Waals surface area contributed by atoms with E-state index in [1.54, 1.807) is 17.5 Å². The first-order valence-electron chi connectivity index (χ1n) is 11.0. The SMILES string of the molecule is O=C(O)C(F)(F)F.O=C(O)C(F)(F)F.O=C1CCC2(CCN(Cc3nccs3)CC2)N1Cc1cccnc1. The molecule has 0 bridgehead atoms. The zero-order valence-corrected chi connectivity index (χ0v) is 20.5. The van der Waals surface area contributed by atoms with Gasteiger partial charge in [-0.25, -0.2) is 14.6 Å². The minimum atomic E-state index is -5.08. The maximum atomic E-state index is 12.5. The Morgan fingerprint density at radius 2 is 1.55 bits per heavy atom. The largest absolute Gasteiger partial charge is 0.490 e. The van der Waals surface area contributed by atoms with Crippen molar-refractivity contribution < 1.29 is 50.9 Å². The molecule has 2 aliphatic rings. The summed E-state index contributed by atoms with van der Waals surface area (Å²) in [7, 11) is 0. The summed E-state index contributed by atoms with van der Waals surface area (Å²) < 4.78 is 63.5. The van der Waals surface area contributed by atoms with Crippen molar-refractivity contribution >= 4 is 29.2 Å². The topological polar surface area (TPSA) is 124 Å². The highest BCUT2D eigenvalue weighted by atomic mass is 32.1. The van der Waals surface area contributed by atoms with Crippen LogP contribution >= 0.6 is 11.3 Å². The first-order chi connectivity index (χ1) is 17.6. The Balaban J connectivity index is 0.000000301. The summed E-state index contributed by atoms with van der Waals surface area (Å²) in [5.41, 5.74) is 1.17. The number of pyridine rings is 1. The fourth-order valence-electron chi connectivity index (χ4n) is 3.97. The molecule has 1 amide bonds. The maximum absolute atomic E-state index is 12.5. The van der Waals surface area contributed by atoms with Crippen molar-refractivity contribution in [1.82, 2.24) is 19.8 Å². The van der Waals surface area contributed by atoms with Crippen molar-refractivity contribution in [1.29, 1.82) is 0 Å². The molecule has 0 saturated carbocycles. The Labute approximate surface area is 216 Å². The lowest BCUT2D eigenvalue weighted by molar-refractivity contribution is -0.193. The fraction of sp³-hybridized carbons (Fsp3) is 0.500. The summed E-state index contributed by atoms with van der Waals surface area (Å²) in [6.07, 6.45) is -0.839. The molecule has 9 nitrogen and oxygen atoms in total. The van der Waals surface area contributed by atoms with Gasteiger partial charge in [0.05, 0.1) is 6.54 Å². The van der Waals surface area contributed by atoms with Gasteiger partial charge in [-0.15, -0.1) is 11.3 Å². The van der Waals surface area contributed by atoms with Crippen LogP contribution in [0.1, 0.15) is 36.3 Å². The Bertz CT molecular complexity index is 1030. The molecule has 2 saturated heterocycles. The predicted molar refractivity (Wildman–Crippen MR) is 121 cm³/mol. The quantitative estimate of drug-likeness (QED) is 0.530. The van der Waals surface area contributed by atoms with E-state index in [0.29, 0.717) is 18.9 Å². The molecule has 16 heteroatoms. The van der Waals surface area contributed by atoms with Crippen molar-refractivity contribution in [2.75, 3.05) is 13.1 Å². The Morgan fingerprint density at radius 1 is 0.974 bits per heavy atom. The van der Waals surface area contributed by atoms with Crippen molar-refractivity contribution in [3.8, 4) is 0 Å². The number of carboxylic acids is 2. The molecule has 0 aliphatic carbocycles. The van der Waals surface area contributed by atoms with E-state index in [9.17, 15) is 31.1 Å². The van der Waals surface area contributed by atoms with Gasteiger partial charge in [-0.1, -0.05) is 6.07 Å². The van der Waals surface area contributed by atoms with E-state index in [0.717, 1.165) is 44.5 Å². The lowest BCUT2D eigenvalue weighted by Crippen LogP contribution is -2.52. The third kappa shape index (κ3) is 9.24. The number of carboxylic acid groups (broad SMARTS) is 2. The summed E-state index contributed by atoms with van der Waals surface area (Å²) >= 11 is 1.72. The smallest absolute Gasteiger partial charge is 0.475 e. The fourth-order valence-corrected chi connectivity index (χ4v) is 4.63. The zero-order valence-electron chi connectivity index (χ0n) is 19.7. The van der Waals surface area contributed by atoms with E-state index in [4.69, 9.17) is 19.8 Å². The average Bonchev–Trinajstić information content (AvgIpc) is 3.45. The molecular weight excluding hydrogens is 546 g/mol. The van der Waals surface area contributed by atoms with Crippen LogP contribution in [0, 0.1) is 0 Å². The number of alkyl halides is 6. The number of hydrogen-bond acceptors (Lipinski definition) is 7. The van der Waals surface area contributed by atoms with Crippen molar-refractivity contribution in [2.24, 2.45) is 0 Å². The monoisotopic (exact) mass is 570 g/mol. The third-order valence-electron chi connectivity index (χ3n) is 5.86. The van der Waals surface area contributed by atoms with E-state index in [2.05, 4.69) is 25.8 Å². The van der Waals surface area contributed by atoms with Gasteiger partial charge in [0.1, 0.15) is 5.01 Å². The van der Waals surface area contributed by atoms with E-state index in [1.165, 1.54) is 5.01 Å². The van der Waals surface area contributed by atoms with Gasteiger partial charge in [-0.2, -0.15) is 26.3 Å². The van der Waals surface area contributed by atoms with Gasteiger partial charge in [0.25, 0.3) is 0 Å². The third-order valence-corrected chi connectivity index (χ3v) is 6.62.